The molecule has 1 aromatic carbocycles. The van der Waals surface area contributed by atoms with Crippen LogP contribution in [0.15, 0.2) is 60.0 Å². The normalized spacial score (nSPS) is 10.8. The van der Waals surface area contributed by atoms with Gasteiger partial charge in [-0.3, -0.25) is 9.78 Å². The van der Waals surface area contributed by atoms with Crippen LogP contribution in [0, 0.1) is 6.92 Å². The number of hydrazone groups is 1. The van der Waals surface area contributed by atoms with Gasteiger partial charge in [0.15, 0.2) is 0 Å². The molecule has 0 spiro atoms. The first-order valence-electron chi connectivity index (χ1n) is 7.63. The highest BCUT2D eigenvalue weighted by Crippen LogP contribution is 2.24. The molecule has 0 saturated heterocycles. The third-order valence-electron chi connectivity index (χ3n) is 3.56. The maximum atomic E-state index is 12.0. The third-order valence-corrected chi connectivity index (χ3v) is 3.56. The Morgan fingerprint density at radius 1 is 1.20 bits per heavy atom. The topological polar surface area (TPSA) is 81.4 Å². The van der Waals surface area contributed by atoms with Gasteiger partial charge in [0, 0.05) is 18.0 Å². The van der Waals surface area contributed by atoms with E-state index in [2.05, 4.69) is 20.6 Å². The molecular weight excluding hydrogens is 318 g/mol. The fraction of sp³-hybridized carbons (Fsp3) is 0.111. The number of rotatable bonds is 5. The van der Waals surface area contributed by atoms with Crippen LogP contribution in [0.5, 0.6) is 5.88 Å². The van der Waals surface area contributed by atoms with E-state index in [0.29, 0.717) is 17.0 Å². The number of amides is 1. The monoisotopic (exact) mass is 335 g/mol. The maximum absolute atomic E-state index is 12.0. The number of nitrogens with zero attached hydrogens (tertiary/aromatic N) is 4. The number of hydrogen-bond donors (Lipinski definition) is 1. The predicted octanol–water partition coefficient (Wildman–Crippen LogP) is 2.35. The first kappa shape index (κ1) is 16.4. The van der Waals surface area contributed by atoms with E-state index >= 15 is 0 Å². The molecule has 0 bridgehead atoms. The van der Waals surface area contributed by atoms with Crippen LogP contribution in [0.3, 0.4) is 0 Å². The van der Waals surface area contributed by atoms with Crippen molar-refractivity contribution in [2.45, 2.75) is 6.92 Å². The molecule has 0 fully saturated rings. The zero-order chi connectivity index (χ0) is 17.6. The summed E-state index contributed by atoms with van der Waals surface area (Å²) in [5.74, 6) is 0.233. The summed E-state index contributed by atoms with van der Waals surface area (Å²) >= 11 is 0. The second kappa shape index (κ2) is 7.39. The van der Waals surface area contributed by atoms with Crippen LogP contribution in [-0.4, -0.2) is 34.0 Å². The molecule has 1 N–H and O–H groups in total. The Balaban J connectivity index is 1.83. The second-order valence-electron chi connectivity index (χ2n) is 5.19. The molecule has 0 radical (unpaired) electrons. The van der Waals surface area contributed by atoms with Gasteiger partial charge in [0.25, 0.3) is 5.91 Å². The van der Waals surface area contributed by atoms with Gasteiger partial charge in [0.2, 0.25) is 5.88 Å². The molecule has 25 heavy (non-hydrogen) atoms. The van der Waals surface area contributed by atoms with Crippen LogP contribution in [0.4, 0.5) is 0 Å². The number of hydrogen-bond acceptors (Lipinski definition) is 5. The number of para-hydroxylation sites is 1. The molecule has 7 heteroatoms. The summed E-state index contributed by atoms with van der Waals surface area (Å²) in [5.41, 5.74) is 5.28. The van der Waals surface area contributed by atoms with Gasteiger partial charge in [-0.1, -0.05) is 18.2 Å². The molecular formula is C18H17N5O2. The highest BCUT2D eigenvalue weighted by atomic mass is 16.5. The largest absolute Gasteiger partial charge is 0.480 e. The molecule has 2 aromatic heterocycles. The summed E-state index contributed by atoms with van der Waals surface area (Å²) in [4.78, 5) is 15.9. The lowest BCUT2D eigenvalue weighted by atomic mass is 10.2. The summed E-state index contributed by atoms with van der Waals surface area (Å²) < 4.78 is 7.18. The number of methoxy groups -OCH3 is 1. The average molecular weight is 335 g/mol. The van der Waals surface area contributed by atoms with Crippen molar-refractivity contribution in [3.8, 4) is 11.6 Å². The van der Waals surface area contributed by atoms with Crippen LogP contribution in [-0.2, 0) is 0 Å². The van der Waals surface area contributed by atoms with E-state index in [1.807, 2.05) is 37.3 Å². The molecule has 0 saturated carbocycles. The summed E-state index contributed by atoms with van der Waals surface area (Å²) in [5, 5.41) is 8.50. The van der Waals surface area contributed by atoms with E-state index < -0.39 is 0 Å². The van der Waals surface area contributed by atoms with E-state index in [1.54, 1.807) is 36.3 Å². The maximum Gasteiger partial charge on any atom is 0.271 e. The van der Waals surface area contributed by atoms with Gasteiger partial charge >= 0.3 is 0 Å². The molecule has 0 unspecified atom stereocenters. The van der Waals surface area contributed by atoms with E-state index in [1.165, 1.54) is 6.21 Å². The van der Waals surface area contributed by atoms with E-state index in [-0.39, 0.29) is 5.91 Å². The number of carbonyl (C=O) groups is 1. The van der Waals surface area contributed by atoms with Gasteiger partial charge in [-0.15, -0.1) is 0 Å². The van der Waals surface area contributed by atoms with Crippen molar-refractivity contribution in [3.05, 3.63) is 71.7 Å². The standard InChI is InChI=1S/C18H17N5O2/c1-13-16(12-20-21-17(24)14-8-10-19-11-9-14)18(25-2)23(22-13)15-6-4-3-5-7-15/h3-12H,1-2H3,(H,21,24)/b20-12+. The van der Waals surface area contributed by atoms with E-state index in [0.717, 1.165) is 11.4 Å². The second-order valence-corrected chi connectivity index (χ2v) is 5.19. The van der Waals surface area contributed by atoms with Crippen LogP contribution >= 0.6 is 0 Å². The minimum atomic E-state index is -0.314. The average Bonchev–Trinajstić information content (AvgIpc) is 2.99. The van der Waals surface area contributed by atoms with Crippen molar-refractivity contribution >= 4 is 12.1 Å². The lowest BCUT2D eigenvalue weighted by molar-refractivity contribution is 0.0955. The smallest absolute Gasteiger partial charge is 0.271 e. The fourth-order valence-electron chi connectivity index (χ4n) is 2.33. The number of aryl methyl sites for hydroxylation is 1. The molecule has 7 nitrogen and oxygen atoms in total. The quantitative estimate of drug-likeness (QED) is 0.573. The van der Waals surface area contributed by atoms with Crippen molar-refractivity contribution in [3.63, 3.8) is 0 Å². The lowest BCUT2D eigenvalue weighted by Gasteiger charge is -2.06. The Bertz CT molecular complexity index is 889. The minimum Gasteiger partial charge on any atom is -0.480 e. The Hall–Kier alpha value is -3.48. The summed E-state index contributed by atoms with van der Waals surface area (Å²) in [6.07, 6.45) is 4.63. The Labute approximate surface area is 145 Å². The summed E-state index contributed by atoms with van der Waals surface area (Å²) in [6.45, 7) is 1.86. The van der Waals surface area contributed by atoms with E-state index in [4.69, 9.17) is 4.74 Å². The molecule has 1 amide bonds. The number of aromatic nitrogens is 3. The SMILES string of the molecule is COc1c(/C=N/NC(=O)c2ccncc2)c(C)nn1-c1ccccc1. The molecule has 0 atom stereocenters. The Morgan fingerprint density at radius 3 is 2.60 bits per heavy atom. The fourth-order valence-corrected chi connectivity index (χ4v) is 2.33. The zero-order valence-electron chi connectivity index (χ0n) is 13.9. The molecule has 2 heterocycles. The highest BCUT2D eigenvalue weighted by molar-refractivity contribution is 5.95. The van der Waals surface area contributed by atoms with Crippen molar-refractivity contribution < 1.29 is 9.53 Å². The predicted molar refractivity (Wildman–Crippen MR) is 94.2 cm³/mol. The first-order valence-corrected chi connectivity index (χ1v) is 7.63. The Kier molecular flexibility index (Phi) is 4.84. The van der Waals surface area contributed by atoms with Gasteiger partial charge in [-0.05, 0) is 31.2 Å². The van der Waals surface area contributed by atoms with Gasteiger partial charge in [0.05, 0.1) is 30.3 Å². The molecule has 0 aliphatic carbocycles. The number of carbonyl (C=O) groups excluding carboxylic acids is 1. The van der Waals surface area contributed by atoms with E-state index in [9.17, 15) is 4.79 Å². The number of benzene rings is 1. The number of nitrogens with one attached hydrogen (secondary N) is 1. The third kappa shape index (κ3) is 3.55. The van der Waals surface area contributed by atoms with Gasteiger partial charge in [0.1, 0.15) is 0 Å². The Morgan fingerprint density at radius 2 is 1.92 bits per heavy atom. The number of pyridine rings is 1. The van der Waals surface area contributed by atoms with Gasteiger partial charge in [-0.2, -0.15) is 10.2 Å². The molecule has 3 aromatic rings. The van der Waals surface area contributed by atoms with Crippen LogP contribution in [0.25, 0.3) is 5.69 Å². The first-order chi connectivity index (χ1) is 12.2. The van der Waals surface area contributed by atoms with Crippen LogP contribution in [0.1, 0.15) is 21.6 Å². The van der Waals surface area contributed by atoms with Crippen molar-refractivity contribution in [2.75, 3.05) is 7.11 Å². The van der Waals surface area contributed by atoms with Crippen molar-refractivity contribution in [2.24, 2.45) is 5.10 Å². The van der Waals surface area contributed by atoms with Gasteiger partial charge < -0.3 is 4.74 Å². The van der Waals surface area contributed by atoms with Crippen LogP contribution in [0.2, 0.25) is 0 Å². The number of ether oxygens (including phenoxy) is 1. The van der Waals surface area contributed by atoms with Gasteiger partial charge in [-0.25, -0.2) is 10.1 Å². The molecule has 3 rings (SSSR count). The van der Waals surface area contributed by atoms with Crippen molar-refractivity contribution in [1.82, 2.24) is 20.2 Å². The highest BCUT2D eigenvalue weighted by Gasteiger charge is 2.15. The molecule has 0 aliphatic rings. The molecule has 0 aliphatic heterocycles. The van der Waals surface area contributed by atoms with Crippen molar-refractivity contribution in [1.29, 1.82) is 0 Å². The van der Waals surface area contributed by atoms with Crippen LogP contribution < -0.4 is 10.2 Å². The molecule has 126 valence electrons. The summed E-state index contributed by atoms with van der Waals surface area (Å²) in [6, 6.07) is 12.9. The lowest BCUT2D eigenvalue weighted by Crippen LogP contribution is -2.17. The zero-order valence-corrected chi connectivity index (χ0v) is 13.9. The summed E-state index contributed by atoms with van der Waals surface area (Å²) in [7, 11) is 1.57. The minimum absolute atomic E-state index is 0.314.